The summed E-state index contributed by atoms with van der Waals surface area (Å²) in [6.07, 6.45) is 17.5. The molecule has 0 bridgehead atoms. The van der Waals surface area contributed by atoms with Crippen molar-refractivity contribution >= 4 is 12.0 Å². The van der Waals surface area contributed by atoms with Crippen molar-refractivity contribution in [1.29, 1.82) is 0 Å². The smallest absolute Gasteiger partial charge is 0.407 e. The van der Waals surface area contributed by atoms with Crippen molar-refractivity contribution in [1.82, 2.24) is 10.6 Å². The number of aliphatic hydroxyl groups excluding tert-OH is 2. The Morgan fingerprint density at radius 2 is 1.72 bits per heavy atom. The molecule has 5 rings (SSSR count). The lowest BCUT2D eigenvalue weighted by molar-refractivity contribution is -0.123. The summed E-state index contributed by atoms with van der Waals surface area (Å²) in [7, 11) is 0. The van der Waals surface area contributed by atoms with Gasteiger partial charge in [-0.25, -0.2) is 4.79 Å². The van der Waals surface area contributed by atoms with E-state index in [1.165, 1.54) is 51.4 Å². The molecular weight excluding hydrogens is 624 g/mol. The summed E-state index contributed by atoms with van der Waals surface area (Å²) in [5.41, 5.74) is 2.94. The molecule has 3 saturated carbocycles. The fourth-order valence-electron chi connectivity index (χ4n) is 11.1. The van der Waals surface area contributed by atoms with E-state index in [2.05, 4.69) is 51.3 Å². The first kappa shape index (κ1) is 38.8. The highest BCUT2D eigenvalue weighted by atomic mass is 16.6. The van der Waals surface area contributed by atoms with Crippen molar-refractivity contribution in [2.75, 3.05) is 13.2 Å². The third kappa shape index (κ3) is 8.97. The van der Waals surface area contributed by atoms with Crippen LogP contribution in [0.15, 0.2) is 42.0 Å². The maximum atomic E-state index is 12.7. The van der Waals surface area contributed by atoms with Crippen LogP contribution in [-0.4, -0.2) is 47.5 Å². The van der Waals surface area contributed by atoms with Crippen molar-refractivity contribution in [3.05, 3.63) is 47.5 Å². The van der Waals surface area contributed by atoms with Crippen LogP contribution < -0.4 is 10.6 Å². The number of allylic oxidation sites excluding steroid dienone is 1. The zero-order valence-electron chi connectivity index (χ0n) is 31.8. The number of amides is 2. The zero-order chi connectivity index (χ0) is 35.9. The minimum Gasteiger partial charge on any atom is -0.446 e. The molecule has 4 aliphatic rings. The molecule has 50 heavy (non-hydrogen) atoms. The maximum absolute atomic E-state index is 12.7. The Morgan fingerprint density at radius 3 is 2.46 bits per heavy atom. The van der Waals surface area contributed by atoms with E-state index in [1.54, 1.807) is 17.7 Å². The van der Waals surface area contributed by atoms with Gasteiger partial charge in [0.25, 0.3) is 0 Å². The van der Waals surface area contributed by atoms with Gasteiger partial charge in [0.1, 0.15) is 12.2 Å². The van der Waals surface area contributed by atoms with E-state index in [4.69, 9.17) is 4.74 Å². The van der Waals surface area contributed by atoms with Crippen LogP contribution in [0.1, 0.15) is 143 Å². The second-order valence-corrected chi connectivity index (χ2v) is 17.5. The summed E-state index contributed by atoms with van der Waals surface area (Å²) in [6.45, 7) is 12.6. The number of fused-ring (bicyclic) bond motifs is 5. The van der Waals surface area contributed by atoms with Crippen LogP contribution in [0.3, 0.4) is 0 Å². The predicted molar refractivity (Wildman–Crippen MR) is 200 cm³/mol. The second kappa shape index (κ2) is 17.4. The molecule has 1 aromatic rings. The number of carbonyl (C=O) groups is 2. The maximum Gasteiger partial charge on any atom is 0.407 e. The number of ether oxygens (including phenoxy) is 1. The number of hydrogen-bond acceptors (Lipinski definition) is 5. The lowest BCUT2D eigenvalue weighted by Gasteiger charge is -2.58. The molecule has 3 fully saturated rings. The quantitative estimate of drug-likeness (QED) is 0.102. The summed E-state index contributed by atoms with van der Waals surface area (Å²) in [5, 5.41) is 25.9. The van der Waals surface area contributed by atoms with Gasteiger partial charge in [-0.05, 0) is 110 Å². The lowest BCUT2D eigenvalue weighted by atomic mass is 9.47. The van der Waals surface area contributed by atoms with Gasteiger partial charge in [0.2, 0.25) is 5.91 Å². The second-order valence-electron chi connectivity index (χ2n) is 17.5. The van der Waals surface area contributed by atoms with Gasteiger partial charge in [-0.3, -0.25) is 4.79 Å². The van der Waals surface area contributed by atoms with Crippen LogP contribution in [0.2, 0.25) is 0 Å². The molecule has 0 radical (unpaired) electrons. The standard InChI is InChI=1S/C43H68N2O5/c1-29(2)13-12-14-30(3)35-20-21-36-34-19-18-32-27-33(22-24-42(32,4)37(34)23-25-43(35,36)5)50-41(49)44-26-11-7-10-17-39(47)45-38(28-46)40(48)31-15-8-6-9-16-31/h6,8-9,15-16,18,29-30,33-38,40,46,48H,7,10-14,17,19-28H2,1-5H3,(H,44,49)(H,45,47). The van der Waals surface area contributed by atoms with Crippen LogP contribution in [0, 0.1) is 46.3 Å². The Morgan fingerprint density at radius 1 is 0.940 bits per heavy atom. The van der Waals surface area contributed by atoms with Gasteiger partial charge in [0, 0.05) is 19.4 Å². The van der Waals surface area contributed by atoms with Gasteiger partial charge in [-0.1, -0.05) is 102 Å². The number of alkyl carbamates (subject to hydrolysis) is 1. The SMILES string of the molecule is CC(C)CCCC(C)C1CCC2C3CC=C4CC(OC(=O)NCCCCCC(=O)NC(CO)C(O)c5ccccc5)CCC4(C)C3CCC12C. The number of carbonyl (C=O) groups excluding carboxylic acids is 2. The number of benzene rings is 1. The van der Waals surface area contributed by atoms with Gasteiger partial charge in [-0.15, -0.1) is 0 Å². The monoisotopic (exact) mass is 693 g/mol. The molecule has 7 nitrogen and oxygen atoms in total. The normalized spacial score (nSPS) is 32.2. The topological polar surface area (TPSA) is 108 Å². The van der Waals surface area contributed by atoms with Crippen molar-refractivity contribution in [3.8, 4) is 0 Å². The van der Waals surface area contributed by atoms with E-state index < -0.39 is 12.1 Å². The lowest BCUT2D eigenvalue weighted by Crippen LogP contribution is -2.51. The summed E-state index contributed by atoms with van der Waals surface area (Å²) < 4.78 is 5.95. The highest BCUT2D eigenvalue weighted by Gasteiger charge is 2.59. The van der Waals surface area contributed by atoms with Crippen LogP contribution in [-0.2, 0) is 9.53 Å². The first-order valence-corrected chi connectivity index (χ1v) is 20.2. The molecule has 0 heterocycles. The van der Waals surface area contributed by atoms with Gasteiger partial charge in [0.15, 0.2) is 0 Å². The van der Waals surface area contributed by atoms with E-state index >= 15 is 0 Å². The number of rotatable bonds is 16. The van der Waals surface area contributed by atoms with Gasteiger partial charge in [0.05, 0.1) is 12.6 Å². The molecule has 0 spiro atoms. The predicted octanol–water partition coefficient (Wildman–Crippen LogP) is 8.89. The van der Waals surface area contributed by atoms with Crippen molar-refractivity contribution in [2.24, 2.45) is 46.3 Å². The Kier molecular flexibility index (Phi) is 13.5. The highest BCUT2D eigenvalue weighted by Crippen LogP contribution is 2.67. The number of aliphatic hydroxyl groups is 2. The van der Waals surface area contributed by atoms with Crippen LogP contribution in [0.25, 0.3) is 0 Å². The average molecular weight is 693 g/mol. The summed E-state index contributed by atoms with van der Waals surface area (Å²) in [5.74, 6) is 4.75. The average Bonchev–Trinajstić information content (AvgIpc) is 3.46. The minimum atomic E-state index is -0.966. The Hall–Kier alpha value is -2.38. The molecule has 10 unspecified atom stereocenters. The summed E-state index contributed by atoms with van der Waals surface area (Å²) in [6, 6.07) is 8.29. The van der Waals surface area contributed by atoms with Crippen LogP contribution in [0.5, 0.6) is 0 Å². The fraction of sp³-hybridized carbons (Fsp3) is 0.767. The fourth-order valence-corrected chi connectivity index (χ4v) is 11.1. The third-order valence-electron chi connectivity index (χ3n) is 13.9. The molecule has 0 aromatic heterocycles. The van der Waals surface area contributed by atoms with Gasteiger partial charge >= 0.3 is 6.09 Å². The highest BCUT2D eigenvalue weighted by molar-refractivity contribution is 5.76. The molecule has 4 N–H and O–H groups in total. The molecular formula is C43H68N2O5. The molecule has 0 saturated heterocycles. The largest absolute Gasteiger partial charge is 0.446 e. The molecule has 0 aliphatic heterocycles. The van der Waals surface area contributed by atoms with Crippen molar-refractivity contribution in [3.63, 3.8) is 0 Å². The summed E-state index contributed by atoms with van der Waals surface area (Å²) >= 11 is 0. The first-order chi connectivity index (χ1) is 24.0. The van der Waals surface area contributed by atoms with E-state index in [0.717, 1.165) is 67.6 Å². The van der Waals surface area contributed by atoms with E-state index in [0.29, 0.717) is 30.4 Å². The molecule has 4 aliphatic carbocycles. The minimum absolute atomic E-state index is 0.0586. The molecule has 280 valence electrons. The van der Waals surface area contributed by atoms with Gasteiger partial charge < -0.3 is 25.6 Å². The Bertz CT molecular complexity index is 1280. The Labute approximate surface area is 302 Å². The van der Waals surface area contributed by atoms with E-state index in [9.17, 15) is 19.8 Å². The van der Waals surface area contributed by atoms with Crippen LogP contribution in [0.4, 0.5) is 4.79 Å². The summed E-state index contributed by atoms with van der Waals surface area (Å²) in [4.78, 5) is 25.2. The third-order valence-corrected chi connectivity index (χ3v) is 13.9. The van der Waals surface area contributed by atoms with Crippen LogP contribution >= 0.6 is 0 Å². The molecule has 10 atom stereocenters. The first-order valence-electron chi connectivity index (χ1n) is 20.2. The van der Waals surface area contributed by atoms with Gasteiger partial charge in [-0.2, -0.15) is 0 Å². The van der Waals surface area contributed by atoms with E-state index in [1.807, 2.05) is 18.2 Å². The Balaban J connectivity index is 1.01. The zero-order valence-corrected chi connectivity index (χ0v) is 31.8. The van der Waals surface area contributed by atoms with Crippen molar-refractivity contribution in [2.45, 2.75) is 149 Å². The molecule has 2 amide bonds. The molecule has 7 heteroatoms. The number of hydrogen-bond donors (Lipinski definition) is 4. The number of nitrogens with one attached hydrogen (secondary N) is 2. The van der Waals surface area contributed by atoms with E-state index in [-0.39, 0.29) is 30.1 Å². The number of unbranched alkanes of at least 4 members (excludes halogenated alkanes) is 2. The molecule has 1 aromatic carbocycles. The van der Waals surface area contributed by atoms with Crippen molar-refractivity contribution < 1.29 is 24.5 Å².